The monoisotopic (exact) mass is 280 g/mol. The van der Waals surface area contributed by atoms with E-state index in [2.05, 4.69) is 66.5 Å². The summed E-state index contributed by atoms with van der Waals surface area (Å²) in [7, 11) is 0. The van der Waals surface area contributed by atoms with Crippen molar-refractivity contribution < 1.29 is 0 Å². The highest BCUT2D eigenvalue weighted by atomic mass is 15.1. The summed E-state index contributed by atoms with van der Waals surface area (Å²) in [4.78, 5) is 2.49. The normalized spacial score (nSPS) is 14.1. The predicted octanol–water partition coefficient (Wildman–Crippen LogP) is 3.67. The van der Waals surface area contributed by atoms with E-state index in [9.17, 15) is 0 Å². The number of hydrogen-bond acceptors (Lipinski definition) is 2. The quantitative estimate of drug-likeness (QED) is 0.919. The van der Waals surface area contributed by atoms with Crippen molar-refractivity contribution in [3.8, 4) is 0 Å². The van der Waals surface area contributed by atoms with Gasteiger partial charge in [0.15, 0.2) is 0 Å². The standard InChI is InChI=1S/C19H24N2/c1-3-20-13-17-8-9-19(12-15(17)2)21-11-10-16-6-4-5-7-18(16)14-21/h4-9,12,20H,3,10-11,13-14H2,1-2H3. The minimum atomic E-state index is 0.964. The second kappa shape index (κ2) is 6.31. The van der Waals surface area contributed by atoms with Crippen molar-refractivity contribution in [1.82, 2.24) is 5.32 Å². The Morgan fingerprint density at radius 1 is 1.10 bits per heavy atom. The Bertz CT molecular complexity index is 619. The fourth-order valence-electron chi connectivity index (χ4n) is 3.05. The molecule has 0 aromatic heterocycles. The lowest BCUT2D eigenvalue weighted by molar-refractivity contribution is 0.718. The second-order valence-corrected chi connectivity index (χ2v) is 5.83. The van der Waals surface area contributed by atoms with E-state index in [0.717, 1.165) is 32.6 Å². The van der Waals surface area contributed by atoms with Crippen LogP contribution in [0.15, 0.2) is 42.5 Å². The van der Waals surface area contributed by atoms with Crippen LogP contribution in [-0.2, 0) is 19.5 Å². The molecule has 21 heavy (non-hydrogen) atoms. The summed E-state index contributed by atoms with van der Waals surface area (Å²) in [6, 6.07) is 15.7. The molecule has 0 saturated carbocycles. The molecule has 1 aliphatic rings. The fourth-order valence-corrected chi connectivity index (χ4v) is 3.05. The van der Waals surface area contributed by atoms with Gasteiger partial charge in [-0.1, -0.05) is 37.3 Å². The van der Waals surface area contributed by atoms with Crippen molar-refractivity contribution >= 4 is 5.69 Å². The van der Waals surface area contributed by atoms with E-state index in [1.165, 1.54) is 27.9 Å². The van der Waals surface area contributed by atoms with Crippen LogP contribution in [0.1, 0.15) is 29.2 Å². The molecule has 1 heterocycles. The first kappa shape index (κ1) is 14.2. The van der Waals surface area contributed by atoms with Gasteiger partial charge in [0.1, 0.15) is 0 Å². The van der Waals surface area contributed by atoms with Gasteiger partial charge in [-0.3, -0.25) is 0 Å². The van der Waals surface area contributed by atoms with Crippen molar-refractivity contribution in [3.05, 3.63) is 64.7 Å². The van der Waals surface area contributed by atoms with E-state index < -0.39 is 0 Å². The van der Waals surface area contributed by atoms with Crippen molar-refractivity contribution in [2.45, 2.75) is 33.4 Å². The van der Waals surface area contributed by atoms with Crippen LogP contribution in [0.2, 0.25) is 0 Å². The van der Waals surface area contributed by atoms with Crippen LogP contribution in [-0.4, -0.2) is 13.1 Å². The summed E-state index contributed by atoms with van der Waals surface area (Å²) in [5, 5.41) is 3.40. The van der Waals surface area contributed by atoms with Gasteiger partial charge >= 0.3 is 0 Å². The molecule has 2 aromatic rings. The molecule has 0 aliphatic carbocycles. The Balaban J connectivity index is 1.78. The molecule has 0 atom stereocenters. The van der Waals surface area contributed by atoms with Gasteiger partial charge in [0.2, 0.25) is 0 Å². The van der Waals surface area contributed by atoms with Gasteiger partial charge in [-0.05, 0) is 54.3 Å². The summed E-state index contributed by atoms with van der Waals surface area (Å²) in [5.74, 6) is 0. The van der Waals surface area contributed by atoms with E-state index >= 15 is 0 Å². The molecule has 0 amide bonds. The Kier molecular flexibility index (Phi) is 4.26. The topological polar surface area (TPSA) is 15.3 Å². The highest BCUT2D eigenvalue weighted by Gasteiger charge is 2.16. The summed E-state index contributed by atoms with van der Waals surface area (Å²) in [6.07, 6.45) is 1.15. The molecule has 1 N–H and O–H groups in total. The molecule has 2 nitrogen and oxygen atoms in total. The number of benzene rings is 2. The van der Waals surface area contributed by atoms with Crippen LogP contribution in [0, 0.1) is 6.92 Å². The van der Waals surface area contributed by atoms with Gasteiger partial charge < -0.3 is 10.2 Å². The number of hydrogen-bond donors (Lipinski definition) is 1. The lowest BCUT2D eigenvalue weighted by Gasteiger charge is -2.31. The minimum Gasteiger partial charge on any atom is -0.367 e. The van der Waals surface area contributed by atoms with Gasteiger partial charge in [0.05, 0.1) is 0 Å². The minimum absolute atomic E-state index is 0.964. The third-order valence-corrected chi connectivity index (χ3v) is 4.39. The summed E-state index contributed by atoms with van der Waals surface area (Å²) in [5.41, 5.74) is 7.11. The van der Waals surface area contributed by atoms with Crippen LogP contribution >= 0.6 is 0 Å². The Morgan fingerprint density at radius 2 is 1.90 bits per heavy atom. The van der Waals surface area contributed by atoms with Crippen LogP contribution in [0.4, 0.5) is 5.69 Å². The van der Waals surface area contributed by atoms with Crippen molar-refractivity contribution in [2.75, 3.05) is 18.0 Å². The first-order chi connectivity index (χ1) is 10.3. The largest absolute Gasteiger partial charge is 0.367 e. The number of aryl methyl sites for hydroxylation is 1. The molecule has 110 valence electrons. The molecule has 0 bridgehead atoms. The maximum Gasteiger partial charge on any atom is 0.0432 e. The second-order valence-electron chi connectivity index (χ2n) is 5.83. The average Bonchev–Trinajstić information content (AvgIpc) is 2.53. The number of nitrogens with one attached hydrogen (secondary N) is 1. The van der Waals surface area contributed by atoms with Gasteiger partial charge in [-0.25, -0.2) is 0 Å². The number of anilines is 1. The Morgan fingerprint density at radius 3 is 2.67 bits per heavy atom. The van der Waals surface area contributed by atoms with E-state index in [1.807, 2.05) is 0 Å². The molecule has 0 radical (unpaired) electrons. The molecular weight excluding hydrogens is 256 g/mol. The van der Waals surface area contributed by atoms with Crippen molar-refractivity contribution in [3.63, 3.8) is 0 Å². The molecule has 1 aliphatic heterocycles. The van der Waals surface area contributed by atoms with Crippen LogP contribution in [0.3, 0.4) is 0 Å². The average molecular weight is 280 g/mol. The zero-order valence-corrected chi connectivity index (χ0v) is 13.0. The van der Waals surface area contributed by atoms with E-state index in [0.29, 0.717) is 0 Å². The Hall–Kier alpha value is -1.80. The first-order valence-corrected chi connectivity index (χ1v) is 7.90. The van der Waals surface area contributed by atoms with Crippen LogP contribution < -0.4 is 10.2 Å². The van der Waals surface area contributed by atoms with Crippen LogP contribution in [0.5, 0.6) is 0 Å². The van der Waals surface area contributed by atoms with Crippen molar-refractivity contribution in [2.24, 2.45) is 0 Å². The maximum absolute atomic E-state index is 3.40. The van der Waals surface area contributed by atoms with E-state index in [-0.39, 0.29) is 0 Å². The van der Waals surface area contributed by atoms with E-state index in [1.54, 1.807) is 0 Å². The molecule has 0 fully saturated rings. The molecule has 2 heteroatoms. The predicted molar refractivity (Wildman–Crippen MR) is 89.8 cm³/mol. The fraction of sp³-hybridized carbons (Fsp3) is 0.368. The maximum atomic E-state index is 3.40. The molecule has 2 aromatic carbocycles. The number of fused-ring (bicyclic) bond motifs is 1. The first-order valence-electron chi connectivity index (χ1n) is 7.90. The summed E-state index contributed by atoms with van der Waals surface area (Å²) < 4.78 is 0. The van der Waals surface area contributed by atoms with Gasteiger partial charge in [-0.2, -0.15) is 0 Å². The Labute approximate surface area is 127 Å². The number of rotatable bonds is 4. The SMILES string of the molecule is CCNCc1ccc(N2CCc3ccccc3C2)cc1C. The van der Waals surface area contributed by atoms with E-state index in [4.69, 9.17) is 0 Å². The molecule has 3 rings (SSSR count). The highest BCUT2D eigenvalue weighted by Crippen LogP contribution is 2.26. The zero-order valence-electron chi connectivity index (χ0n) is 13.0. The molecule has 0 spiro atoms. The van der Waals surface area contributed by atoms with Crippen LogP contribution in [0.25, 0.3) is 0 Å². The molecule has 0 saturated heterocycles. The third-order valence-electron chi connectivity index (χ3n) is 4.39. The van der Waals surface area contributed by atoms with Gasteiger partial charge in [0, 0.05) is 25.3 Å². The summed E-state index contributed by atoms with van der Waals surface area (Å²) in [6.45, 7) is 8.49. The lowest BCUT2D eigenvalue weighted by Crippen LogP contribution is -2.30. The molecular formula is C19H24N2. The highest BCUT2D eigenvalue weighted by molar-refractivity contribution is 5.53. The van der Waals surface area contributed by atoms with Gasteiger partial charge in [0.25, 0.3) is 0 Å². The van der Waals surface area contributed by atoms with Crippen molar-refractivity contribution in [1.29, 1.82) is 0 Å². The lowest BCUT2D eigenvalue weighted by atomic mass is 9.99. The number of nitrogens with zero attached hydrogens (tertiary/aromatic N) is 1. The molecule has 0 unspecified atom stereocenters. The summed E-state index contributed by atoms with van der Waals surface area (Å²) >= 11 is 0. The third kappa shape index (κ3) is 3.11. The smallest absolute Gasteiger partial charge is 0.0432 e. The zero-order chi connectivity index (χ0) is 14.7. The van der Waals surface area contributed by atoms with Gasteiger partial charge in [-0.15, -0.1) is 0 Å².